The zero-order valence-electron chi connectivity index (χ0n) is 47.9. The van der Waals surface area contributed by atoms with Crippen LogP contribution >= 0.6 is 0 Å². The van der Waals surface area contributed by atoms with Gasteiger partial charge in [0.15, 0.2) is 6.29 Å². The number of nitrogens with one attached hydrogen (secondary N) is 1. The first kappa shape index (κ1) is 69.4. The molecule has 1 amide bonds. The summed E-state index contributed by atoms with van der Waals surface area (Å²) in [5.74, 6) is -0.175. The monoisotopic (exact) mass is 1030 g/mol. The Morgan fingerprint density at radius 2 is 0.808 bits per heavy atom. The van der Waals surface area contributed by atoms with Crippen molar-refractivity contribution >= 4 is 5.91 Å². The van der Waals surface area contributed by atoms with Crippen LogP contribution in [0.2, 0.25) is 0 Å². The van der Waals surface area contributed by atoms with Crippen LogP contribution in [0.4, 0.5) is 0 Å². The predicted molar refractivity (Wildman–Crippen MR) is 309 cm³/mol. The smallest absolute Gasteiger partial charge is 0.220 e. The van der Waals surface area contributed by atoms with Crippen molar-refractivity contribution in [2.45, 2.75) is 352 Å². The lowest BCUT2D eigenvalue weighted by Gasteiger charge is -2.40. The summed E-state index contributed by atoms with van der Waals surface area (Å²) >= 11 is 0. The second-order valence-corrected chi connectivity index (χ2v) is 22.2. The average molecular weight is 1030 g/mol. The lowest BCUT2D eigenvalue weighted by Crippen LogP contribution is -2.60. The molecular weight excluding hydrogens is 911 g/mol. The van der Waals surface area contributed by atoms with Gasteiger partial charge in [-0.1, -0.05) is 288 Å². The highest BCUT2D eigenvalue weighted by Gasteiger charge is 2.44. The van der Waals surface area contributed by atoms with E-state index in [2.05, 4.69) is 43.5 Å². The molecule has 1 fully saturated rings. The molecule has 0 aromatic rings. The van der Waals surface area contributed by atoms with Gasteiger partial charge in [0.25, 0.3) is 0 Å². The van der Waals surface area contributed by atoms with Crippen molar-refractivity contribution in [3.8, 4) is 0 Å². The minimum atomic E-state index is -1.56. The molecule has 1 saturated heterocycles. The summed E-state index contributed by atoms with van der Waals surface area (Å²) in [6, 6.07) is -0.802. The third-order valence-corrected chi connectivity index (χ3v) is 15.2. The summed E-state index contributed by atoms with van der Waals surface area (Å²) in [5, 5.41) is 54.4. The third-order valence-electron chi connectivity index (χ3n) is 15.2. The number of carbonyl (C=O) groups excluding carboxylic acids is 1. The lowest BCUT2D eigenvalue weighted by molar-refractivity contribution is -0.302. The lowest BCUT2D eigenvalue weighted by atomic mass is 9.99. The van der Waals surface area contributed by atoms with Gasteiger partial charge < -0.3 is 40.3 Å². The van der Waals surface area contributed by atoms with Crippen LogP contribution < -0.4 is 5.32 Å². The largest absolute Gasteiger partial charge is 0.394 e. The van der Waals surface area contributed by atoms with Crippen molar-refractivity contribution in [3.63, 3.8) is 0 Å². The fourth-order valence-corrected chi connectivity index (χ4v) is 10.2. The van der Waals surface area contributed by atoms with Crippen molar-refractivity contribution in [2.24, 2.45) is 0 Å². The Morgan fingerprint density at radius 3 is 1.18 bits per heavy atom. The summed E-state index contributed by atoms with van der Waals surface area (Å²) in [7, 11) is 0. The van der Waals surface area contributed by atoms with E-state index in [0.29, 0.717) is 6.42 Å². The molecule has 9 nitrogen and oxygen atoms in total. The predicted octanol–water partition coefficient (Wildman–Crippen LogP) is 16.3. The van der Waals surface area contributed by atoms with Crippen molar-refractivity contribution in [1.29, 1.82) is 0 Å². The topological polar surface area (TPSA) is 149 Å². The Kier molecular flexibility index (Phi) is 51.2. The van der Waals surface area contributed by atoms with E-state index in [-0.39, 0.29) is 12.5 Å². The van der Waals surface area contributed by atoms with Crippen LogP contribution in [0.5, 0.6) is 0 Å². The Bertz CT molecular complexity index is 1240. The third kappa shape index (κ3) is 43.1. The SMILES string of the molecule is CCCCCCCCCCC/C=C/C(O)C(COC1OC(CO)C(O)C(O)C1O)NC(=O)CCCCCCCCCCCCCCCCCCC/C=C\C/C=C\CCCCCCCCCCCCCCCCC. The molecule has 0 aliphatic carbocycles. The number of aliphatic hydroxyl groups excluding tert-OH is 5. The van der Waals surface area contributed by atoms with E-state index in [0.717, 1.165) is 44.9 Å². The number of allylic oxidation sites excluding steroid dienone is 5. The van der Waals surface area contributed by atoms with Crippen molar-refractivity contribution in [1.82, 2.24) is 5.32 Å². The minimum Gasteiger partial charge on any atom is -0.394 e. The fraction of sp³-hybridized carbons (Fsp3) is 0.891. The first-order valence-corrected chi connectivity index (χ1v) is 31.7. The highest BCUT2D eigenvalue weighted by atomic mass is 16.7. The molecule has 0 aromatic heterocycles. The Hall–Kier alpha value is -1.59. The number of amides is 1. The molecule has 7 unspecified atom stereocenters. The zero-order valence-corrected chi connectivity index (χ0v) is 47.9. The number of carbonyl (C=O) groups is 1. The summed E-state index contributed by atoms with van der Waals surface area (Å²) < 4.78 is 11.2. The molecule has 1 rings (SSSR count). The highest BCUT2D eigenvalue weighted by molar-refractivity contribution is 5.76. The minimum absolute atomic E-state index is 0.175. The van der Waals surface area contributed by atoms with Gasteiger partial charge in [-0.05, 0) is 51.4 Å². The van der Waals surface area contributed by atoms with Crippen LogP contribution in [-0.2, 0) is 14.3 Å². The van der Waals surface area contributed by atoms with Crippen LogP contribution in [0.15, 0.2) is 36.5 Å². The summed E-state index contributed by atoms with van der Waals surface area (Å²) in [5.41, 5.74) is 0. The van der Waals surface area contributed by atoms with Gasteiger partial charge in [0.1, 0.15) is 24.4 Å². The quantitative estimate of drug-likeness (QED) is 0.0261. The Balaban J connectivity index is 2.02. The maximum atomic E-state index is 13.0. The number of hydrogen-bond donors (Lipinski definition) is 6. The fourth-order valence-electron chi connectivity index (χ4n) is 10.2. The van der Waals surface area contributed by atoms with E-state index in [4.69, 9.17) is 9.47 Å². The Labute approximate surface area is 451 Å². The number of unbranched alkanes of at least 4 members (excludes halogenated alkanes) is 41. The highest BCUT2D eigenvalue weighted by Crippen LogP contribution is 2.23. The molecule has 0 saturated carbocycles. The second kappa shape index (κ2) is 53.8. The number of aliphatic hydroxyl groups is 5. The van der Waals surface area contributed by atoms with Gasteiger partial charge in [-0.3, -0.25) is 4.79 Å². The maximum Gasteiger partial charge on any atom is 0.220 e. The molecule has 9 heteroatoms. The molecule has 430 valence electrons. The summed E-state index contributed by atoms with van der Waals surface area (Å²) in [6.45, 7) is 3.79. The molecule has 1 heterocycles. The van der Waals surface area contributed by atoms with Gasteiger partial charge in [-0.2, -0.15) is 0 Å². The van der Waals surface area contributed by atoms with Gasteiger partial charge in [-0.25, -0.2) is 0 Å². The van der Waals surface area contributed by atoms with Crippen molar-refractivity contribution in [2.75, 3.05) is 13.2 Å². The van der Waals surface area contributed by atoms with E-state index >= 15 is 0 Å². The maximum absolute atomic E-state index is 13.0. The molecule has 73 heavy (non-hydrogen) atoms. The van der Waals surface area contributed by atoms with E-state index in [1.54, 1.807) is 6.08 Å². The molecule has 1 aliphatic rings. The molecule has 0 aromatic carbocycles. The van der Waals surface area contributed by atoms with Gasteiger partial charge in [0, 0.05) is 6.42 Å². The molecular formula is C64H121NO8. The van der Waals surface area contributed by atoms with Crippen molar-refractivity contribution < 1.29 is 39.8 Å². The van der Waals surface area contributed by atoms with E-state index < -0.39 is 49.5 Å². The van der Waals surface area contributed by atoms with Gasteiger partial charge >= 0.3 is 0 Å². The first-order valence-electron chi connectivity index (χ1n) is 31.7. The zero-order chi connectivity index (χ0) is 52.9. The molecule has 7 atom stereocenters. The molecule has 1 aliphatic heterocycles. The van der Waals surface area contributed by atoms with Gasteiger partial charge in [0.2, 0.25) is 5.91 Å². The second-order valence-electron chi connectivity index (χ2n) is 22.2. The van der Waals surface area contributed by atoms with Crippen molar-refractivity contribution in [3.05, 3.63) is 36.5 Å². The van der Waals surface area contributed by atoms with Crippen LogP contribution in [0.3, 0.4) is 0 Å². The number of rotatable bonds is 55. The molecule has 0 radical (unpaired) electrons. The van der Waals surface area contributed by atoms with Crippen LogP contribution in [0.25, 0.3) is 0 Å². The van der Waals surface area contributed by atoms with Crippen LogP contribution in [-0.4, -0.2) is 87.5 Å². The standard InChI is InChI=1S/C64H121NO8/c1-3-5-7-9-11-13-15-16-17-18-19-20-21-22-23-24-25-26-27-28-29-30-31-32-33-34-35-36-37-38-39-40-41-42-44-46-48-50-52-54-60(68)65-57(56-72-64-63(71)62(70)61(69)59(55-66)73-64)58(67)53-51-49-47-45-43-14-12-10-8-6-4-2/h25-26,28-29,51,53,57-59,61-64,66-67,69-71H,3-24,27,30-50,52,54-56H2,1-2H3,(H,65,68)/b26-25-,29-28-,53-51+. The average Bonchev–Trinajstić information content (AvgIpc) is 3.39. The normalized spacial score (nSPS) is 19.2. The van der Waals surface area contributed by atoms with Crippen LogP contribution in [0, 0.1) is 0 Å². The Morgan fingerprint density at radius 1 is 0.466 bits per heavy atom. The number of ether oxygens (including phenoxy) is 2. The van der Waals surface area contributed by atoms with E-state index in [1.807, 2.05) is 6.08 Å². The summed E-state index contributed by atoms with van der Waals surface area (Å²) in [4.78, 5) is 13.0. The van der Waals surface area contributed by atoms with E-state index in [1.165, 1.54) is 244 Å². The number of hydrogen-bond acceptors (Lipinski definition) is 8. The van der Waals surface area contributed by atoms with Crippen LogP contribution in [0.1, 0.15) is 309 Å². The van der Waals surface area contributed by atoms with Gasteiger partial charge in [-0.15, -0.1) is 0 Å². The molecule has 0 spiro atoms. The van der Waals surface area contributed by atoms with E-state index in [9.17, 15) is 30.3 Å². The molecule has 6 N–H and O–H groups in total. The summed E-state index contributed by atoms with van der Waals surface area (Å²) in [6.07, 6.45) is 64.1. The first-order chi connectivity index (χ1) is 35.8. The van der Waals surface area contributed by atoms with Gasteiger partial charge in [0.05, 0.1) is 25.4 Å². The molecule has 0 bridgehead atoms.